The number of thioether (sulfide) groups is 1. The van der Waals surface area contributed by atoms with Crippen LogP contribution in [0.5, 0.6) is 0 Å². The Hall–Kier alpha value is -2.81. The van der Waals surface area contributed by atoms with E-state index >= 15 is 0 Å². The summed E-state index contributed by atoms with van der Waals surface area (Å²) < 4.78 is 30.2. The molecule has 0 saturated carbocycles. The predicted molar refractivity (Wildman–Crippen MR) is 93.2 cm³/mol. The molecule has 3 aromatic rings. The second-order valence-corrected chi connectivity index (χ2v) is 6.78. The van der Waals surface area contributed by atoms with Crippen molar-refractivity contribution in [2.24, 2.45) is 0 Å². The molecule has 0 fully saturated rings. The van der Waals surface area contributed by atoms with E-state index in [0.29, 0.717) is 17.1 Å². The summed E-state index contributed by atoms with van der Waals surface area (Å²) >= 11 is 1.15. The van der Waals surface area contributed by atoms with Gasteiger partial charge in [0.25, 0.3) is 5.95 Å². The highest BCUT2D eigenvalue weighted by molar-refractivity contribution is 8.00. The van der Waals surface area contributed by atoms with Crippen LogP contribution in [0.1, 0.15) is 22.1 Å². The Morgan fingerprint density at radius 3 is 2.54 bits per heavy atom. The molecule has 4 rings (SSSR count). The van der Waals surface area contributed by atoms with Crippen molar-refractivity contribution in [1.29, 1.82) is 0 Å². The van der Waals surface area contributed by atoms with Crippen molar-refractivity contribution >= 4 is 23.5 Å². The van der Waals surface area contributed by atoms with Crippen LogP contribution in [-0.2, 0) is 4.79 Å². The molecule has 2 aromatic heterocycles. The molecule has 1 aromatic carbocycles. The molecule has 0 saturated heterocycles. The maximum Gasteiger partial charge on any atom is 0.252 e. The lowest BCUT2D eigenvalue weighted by Gasteiger charge is -2.16. The van der Waals surface area contributed by atoms with Gasteiger partial charge < -0.3 is 5.32 Å². The van der Waals surface area contributed by atoms with Crippen LogP contribution in [0, 0.1) is 18.6 Å². The van der Waals surface area contributed by atoms with Crippen molar-refractivity contribution < 1.29 is 13.6 Å². The molecule has 0 spiro atoms. The molecule has 1 aliphatic heterocycles. The number of amides is 1. The van der Waals surface area contributed by atoms with Crippen molar-refractivity contribution in [3.8, 4) is 5.95 Å². The van der Waals surface area contributed by atoms with Crippen LogP contribution >= 0.6 is 11.8 Å². The number of aromatic nitrogens is 4. The van der Waals surface area contributed by atoms with Gasteiger partial charge in [-0.1, -0.05) is 6.07 Å². The molecule has 9 heteroatoms. The van der Waals surface area contributed by atoms with Gasteiger partial charge in [-0.2, -0.15) is 9.78 Å². The normalized spacial score (nSPS) is 16.7. The first-order valence-corrected chi connectivity index (χ1v) is 8.83. The number of nitrogens with one attached hydrogen (secondary N) is 1. The van der Waals surface area contributed by atoms with Crippen LogP contribution in [0.15, 0.2) is 36.7 Å². The van der Waals surface area contributed by atoms with E-state index in [1.165, 1.54) is 22.9 Å². The summed E-state index contributed by atoms with van der Waals surface area (Å²) in [6, 6.07) is 5.39. The van der Waals surface area contributed by atoms with Crippen LogP contribution in [-0.4, -0.2) is 31.4 Å². The van der Waals surface area contributed by atoms with Gasteiger partial charge in [0.2, 0.25) is 5.91 Å². The lowest BCUT2D eigenvalue weighted by atomic mass is 10.0. The average Bonchev–Trinajstić information content (AvgIpc) is 2.83. The Morgan fingerprint density at radius 1 is 1.15 bits per heavy atom. The van der Waals surface area contributed by atoms with Crippen LogP contribution in [0.25, 0.3) is 5.95 Å². The molecule has 1 atom stereocenters. The van der Waals surface area contributed by atoms with Gasteiger partial charge in [0.05, 0.1) is 16.7 Å². The van der Waals surface area contributed by atoms with Gasteiger partial charge in [0.1, 0.15) is 17.5 Å². The smallest absolute Gasteiger partial charge is 0.252 e. The number of aryl methyl sites for hydroxylation is 1. The number of carbonyl (C=O) groups is 1. The molecule has 3 heterocycles. The molecule has 26 heavy (non-hydrogen) atoms. The third-order valence-corrected chi connectivity index (χ3v) is 5.24. The molecule has 1 amide bonds. The molecule has 1 aliphatic rings. The van der Waals surface area contributed by atoms with Crippen LogP contribution in [0.4, 0.5) is 14.6 Å². The van der Waals surface area contributed by atoms with Gasteiger partial charge in [0, 0.05) is 23.5 Å². The molecular weight excluding hydrogens is 360 g/mol. The van der Waals surface area contributed by atoms with Crippen LogP contribution < -0.4 is 5.32 Å². The predicted octanol–water partition coefficient (Wildman–Crippen LogP) is 3.02. The summed E-state index contributed by atoms with van der Waals surface area (Å²) in [5.74, 6) is -0.958. The van der Waals surface area contributed by atoms with E-state index in [1.54, 1.807) is 25.4 Å². The van der Waals surface area contributed by atoms with Crippen molar-refractivity contribution in [1.82, 2.24) is 19.7 Å². The zero-order chi connectivity index (χ0) is 18.3. The number of hydrogen-bond acceptors (Lipinski definition) is 5. The zero-order valence-electron chi connectivity index (χ0n) is 13.6. The summed E-state index contributed by atoms with van der Waals surface area (Å²) in [7, 11) is 0. The van der Waals surface area contributed by atoms with Gasteiger partial charge in [-0.3, -0.25) is 4.79 Å². The summed E-state index contributed by atoms with van der Waals surface area (Å²) in [5.41, 5.74) is 0.985. The number of rotatable bonds is 2. The third-order valence-electron chi connectivity index (χ3n) is 4.01. The number of benzene rings is 1. The largest absolute Gasteiger partial charge is 0.309 e. The lowest BCUT2D eigenvalue weighted by Crippen LogP contribution is -2.16. The van der Waals surface area contributed by atoms with Gasteiger partial charge in [0.15, 0.2) is 0 Å². The fourth-order valence-electron chi connectivity index (χ4n) is 2.92. The summed E-state index contributed by atoms with van der Waals surface area (Å²) in [5, 5.41) is 6.44. The fraction of sp³-hybridized carbons (Fsp3) is 0.176. The standard InChI is InChI=1S/C17H13F2N5OS/c1-9-13-15(14-10(18)4-2-5-11(14)19)26-8-12(25)22-16(13)24(23-9)17-20-6-3-7-21-17/h2-7,15H,8H2,1H3,(H,22,25). The maximum atomic E-state index is 14.4. The van der Waals surface area contributed by atoms with E-state index in [1.807, 2.05) is 0 Å². The van der Waals surface area contributed by atoms with Crippen molar-refractivity contribution in [3.63, 3.8) is 0 Å². The number of nitrogens with zero attached hydrogens (tertiary/aromatic N) is 4. The number of halogens is 2. The second-order valence-electron chi connectivity index (χ2n) is 5.68. The molecule has 0 aliphatic carbocycles. The minimum atomic E-state index is -0.720. The van der Waals surface area contributed by atoms with Crippen molar-refractivity contribution in [3.05, 3.63) is 65.1 Å². The highest BCUT2D eigenvalue weighted by Crippen LogP contribution is 2.45. The quantitative estimate of drug-likeness (QED) is 0.748. The number of hydrogen-bond donors (Lipinski definition) is 1. The molecule has 132 valence electrons. The highest BCUT2D eigenvalue weighted by Gasteiger charge is 2.34. The Morgan fingerprint density at radius 2 is 1.85 bits per heavy atom. The van der Waals surface area contributed by atoms with E-state index in [-0.39, 0.29) is 23.2 Å². The number of fused-ring (bicyclic) bond motifs is 1. The Balaban J connectivity index is 1.95. The van der Waals surface area contributed by atoms with Gasteiger partial charge in [-0.05, 0) is 25.1 Å². The third kappa shape index (κ3) is 2.74. The van der Waals surface area contributed by atoms with Crippen LogP contribution in [0.2, 0.25) is 0 Å². The van der Waals surface area contributed by atoms with Gasteiger partial charge in [-0.25, -0.2) is 18.7 Å². The monoisotopic (exact) mass is 373 g/mol. The maximum absolute atomic E-state index is 14.4. The Bertz CT molecular complexity index is 972. The second kappa shape index (κ2) is 6.49. The molecule has 0 radical (unpaired) electrons. The van der Waals surface area contributed by atoms with E-state index in [9.17, 15) is 13.6 Å². The lowest BCUT2D eigenvalue weighted by molar-refractivity contribution is -0.113. The van der Waals surface area contributed by atoms with Crippen molar-refractivity contribution in [2.45, 2.75) is 12.2 Å². The molecule has 6 nitrogen and oxygen atoms in total. The van der Waals surface area contributed by atoms with Gasteiger partial charge >= 0.3 is 0 Å². The molecule has 1 N–H and O–H groups in total. The summed E-state index contributed by atoms with van der Waals surface area (Å²) in [6.07, 6.45) is 3.10. The molecular formula is C17H13F2N5OS. The first-order chi connectivity index (χ1) is 12.6. The van der Waals surface area contributed by atoms with Gasteiger partial charge in [-0.15, -0.1) is 11.8 Å². The number of carbonyl (C=O) groups excluding carboxylic acids is 1. The Kier molecular flexibility index (Phi) is 4.15. The Labute approximate surface area is 151 Å². The van der Waals surface area contributed by atoms with Crippen LogP contribution in [0.3, 0.4) is 0 Å². The first kappa shape index (κ1) is 16.6. The average molecular weight is 373 g/mol. The summed E-state index contributed by atoms with van der Waals surface area (Å²) in [6.45, 7) is 1.72. The zero-order valence-corrected chi connectivity index (χ0v) is 14.4. The minimum absolute atomic E-state index is 0.0577. The first-order valence-electron chi connectivity index (χ1n) is 7.78. The number of anilines is 1. The van der Waals surface area contributed by atoms with E-state index in [2.05, 4.69) is 20.4 Å². The summed E-state index contributed by atoms with van der Waals surface area (Å²) in [4.78, 5) is 20.5. The highest BCUT2D eigenvalue weighted by atomic mass is 32.2. The molecule has 1 unspecified atom stereocenters. The van der Waals surface area contributed by atoms with E-state index in [4.69, 9.17) is 0 Å². The fourth-order valence-corrected chi connectivity index (χ4v) is 4.15. The van der Waals surface area contributed by atoms with Crippen molar-refractivity contribution in [2.75, 3.05) is 11.1 Å². The van der Waals surface area contributed by atoms with E-state index in [0.717, 1.165) is 11.8 Å². The molecule has 0 bridgehead atoms. The minimum Gasteiger partial charge on any atom is -0.309 e. The topological polar surface area (TPSA) is 72.7 Å². The van der Waals surface area contributed by atoms with E-state index < -0.39 is 16.9 Å². The SMILES string of the molecule is Cc1nn(-c2ncccn2)c2c1C(c1c(F)cccc1F)SCC(=O)N2.